The Bertz CT molecular complexity index is 277. The molecule has 0 saturated heterocycles. The summed E-state index contributed by atoms with van der Waals surface area (Å²) >= 11 is 0. The summed E-state index contributed by atoms with van der Waals surface area (Å²) in [4.78, 5) is 54.6. The van der Waals surface area contributed by atoms with E-state index in [1.807, 2.05) is 0 Å². The maximum absolute atomic E-state index is 9.10. The fourth-order valence-electron chi connectivity index (χ4n) is 0. The topological polar surface area (TPSA) is 224 Å². The van der Waals surface area contributed by atoms with Gasteiger partial charge in [0.1, 0.15) is 0 Å². The van der Waals surface area contributed by atoms with Crippen molar-refractivity contribution in [1.82, 2.24) is 0 Å². The number of rotatable bonds is 0. The zero-order valence-corrected chi connectivity index (χ0v) is 8.13. The average molecular weight is 278 g/mol. The summed E-state index contributed by atoms with van der Waals surface area (Å²) in [6.07, 6.45) is 0. The molecule has 0 aromatic rings. The molecule has 19 heavy (non-hydrogen) atoms. The van der Waals surface area contributed by atoms with Gasteiger partial charge in [-0.15, -0.1) is 0 Å². The van der Waals surface area contributed by atoms with Crippen molar-refractivity contribution >= 4 is 54.7 Å². The second-order valence-electron chi connectivity index (χ2n) is 1.83. The van der Waals surface area contributed by atoms with Crippen molar-refractivity contribution in [2.75, 3.05) is 0 Å². The summed E-state index contributed by atoms with van der Waals surface area (Å²) in [5.74, 6) is -10.9. The molecule has 0 aromatic carbocycles. The Morgan fingerprint density at radius 1 is 0.368 bits per heavy atom. The van der Waals surface area contributed by atoms with Gasteiger partial charge in [0.15, 0.2) is 0 Å². The monoisotopic (exact) mass is 278 g/mol. The van der Waals surface area contributed by atoms with Crippen LogP contribution in [-0.2, 0) is 28.8 Å². The van der Waals surface area contributed by atoms with Crippen molar-refractivity contribution in [3.8, 4) is 0 Å². The minimum absolute atomic E-state index is 0. The SMILES string of the molecule is O=C(O)C(=O)O.O=C(O)C(=O)O.O=C(O)C(=O)O.[LiH]. The molecule has 6 N–H and O–H groups in total. The Morgan fingerprint density at radius 3 is 0.421 bits per heavy atom. The first-order valence-corrected chi connectivity index (χ1v) is 3.32. The third kappa shape index (κ3) is 31.3. The van der Waals surface area contributed by atoms with Gasteiger partial charge in [0.05, 0.1) is 0 Å². The van der Waals surface area contributed by atoms with Gasteiger partial charge < -0.3 is 30.6 Å². The van der Waals surface area contributed by atoms with Crippen molar-refractivity contribution in [2.45, 2.75) is 0 Å². The summed E-state index contributed by atoms with van der Waals surface area (Å²) in [7, 11) is 0. The summed E-state index contributed by atoms with van der Waals surface area (Å²) in [5, 5.41) is 44.3. The first-order valence-electron chi connectivity index (χ1n) is 3.32. The quantitative estimate of drug-likeness (QED) is 0.190. The molecule has 0 heterocycles. The average Bonchev–Trinajstić information content (AvgIpc) is 2.18. The zero-order valence-electron chi connectivity index (χ0n) is 8.13. The Labute approximate surface area is 115 Å². The van der Waals surface area contributed by atoms with Gasteiger partial charge in [-0.3, -0.25) is 0 Å². The number of hydrogen-bond acceptors (Lipinski definition) is 6. The van der Waals surface area contributed by atoms with Crippen LogP contribution in [0.15, 0.2) is 0 Å². The van der Waals surface area contributed by atoms with E-state index in [0.717, 1.165) is 0 Å². The predicted molar refractivity (Wildman–Crippen MR) is 53.0 cm³/mol. The van der Waals surface area contributed by atoms with Crippen molar-refractivity contribution in [1.29, 1.82) is 0 Å². The third-order valence-corrected chi connectivity index (χ3v) is 0.549. The first kappa shape index (κ1) is 25.3. The molecule has 0 aliphatic carbocycles. The van der Waals surface area contributed by atoms with Crippen LogP contribution in [0.1, 0.15) is 0 Å². The number of carboxylic acids is 6. The van der Waals surface area contributed by atoms with Crippen LogP contribution in [0.3, 0.4) is 0 Å². The molecule has 0 fully saturated rings. The van der Waals surface area contributed by atoms with Crippen LogP contribution in [0, 0.1) is 0 Å². The second-order valence-corrected chi connectivity index (χ2v) is 1.83. The molecule has 0 spiro atoms. The van der Waals surface area contributed by atoms with Crippen LogP contribution in [0.25, 0.3) is 0 Å². The molecule has 0 aromatic heterocycles. The normalized spacial score (nSPS) is 6.95. The van der Waals surface area contributed by atoms with Gasteiger partial charge >= 0.3 is 54.7 Å². The molecule has 0 aliphatic heterocycles. The zero-order chi connectivity index (χ0) is 15.5. The van der Waals surface area contributed by atoms with E-state index in [0.29, 0.717) is 0 Å². The van der Waals surface area contributed by atoms with Crippen LogP contribution in [0.2, 0.25) is 0 Å². The molecule has 104 valence electrons. The van der Waals surface area contributed by atoms with Crippen LogP contribution in [-0.4, -0.2) is 85.3 Å². The molecule has 12 nitrogen and oxygen atoms in total. The Balaban J connectivity index is -0.0000000865. The van der Waals surface area contributed by atoms with Crippen LogP contribution >= 0.6 is 0 Å². The molecular formula is C6H7LiO12. The number of hydrogen-bond donors (Lipinski definition) is 6. The van der Waals surface area contributed by atoms with E-state index in [2.05, 4.69) is 0 Å². The third-order valence-electron chi connectivity index (χ3n) is 0.549. The van der Waals surface area contributed by atoms with Gasteiger partial charge in [0.2, 0.25) is 0 Å². The predicted octanol–water partition coefficient (Wildman–Crippen LogP) is -3.18. The molecule has 0 atom stereocenters. The van der Waals surface area contributed by atoms with Gasteiger partial charge in [-0.1, -0.05) is 0 Å². The van der Waals surface area contributed by atoms with Gasteiger partial charge in [-0.05, 0) is 0 Å². The molecule has 0 amide bonds. The fraction of sp³-hybridized carbons (Fsp3) is 0. The minimum atomic E-state index is -1.82. The Hall–Kier alpha value is -2.58. The molecular weight excluding hydrogens is 271 g/mol. The van der Waals surface area contributed by atoms with Crippen LogP contribution in [0.4, 0.5) is 0 Å². The summed E-state index contributed by atoms with van der Waals surface area (Å²) in [5.41, 5.74) is 0. The fourth-order valence-corrected chi connectivity index (χ4v) is 0. The van der Waals surface area contributed by atoms with E-state index in [1.54, 1.807) is 0 Å². The molecule has 0 unspecified atom stereocenters. The van der Waals surface area contributed by atoms with Gasteiger partial charge in [0.25, 0.3) is 0 Å². The first-order chi connectivity index (χ1) is 7.93. The standard InChI is InChI=1S/3C2H2O4.Li.H/c3*3-1(4)2(5)6;;/h3*(H,3,4)(H,5,6);;. The van der Waals surface area contributed by atoms with E-state index < -0.39 is 35.8 Å². The van der Waals surface area contributed by atoms with Crippen molar-refractivity contribution in [2.24, 2.45) is 0 Å². The van der Waals surface area contributed by atoms with Crippen molar-refractivity contribution in [3.63, 3.8) is 0 Å². The van der Waals surface area contributed by atoms with E-state index in [1.165, 1.54) is 0 Å². The summed E-state index contributed by atoms with van der Waals surface area (Å²) < 4.78 is 0. The molecule has 0 rings (SSSR count). The van der Waals surface area contributed by atoms with E-state index in [4.69, 9.17) is 59.4 Å². The van der Waals surface area contributed by atoms with Crippen LogP contribution in [0.5, 0.6) is 0 Å². The molecule has 0 aliphatic rings. The van der Waals surface area contributed by atoms with Gasteiger partial charge in [-0.2, -0.15) is 0 Å². The van der Waals surface area contributed by atoms with Crippen molar-refractivity contribution < 1.29 is 59.4 Å². The molecule has 0 bridgehead atoms. The van der Waals surface area contributed by atoms with E-state index in [9.17, 15) is 0 Å². The number of aliphatic carboxylic acids is 6. The summed E-state index contributed by atoms with van der Waals surface area (Å²) in [6.45, 7) is 0. The Kier molecular flexibility index (Phi) is 18.0. The van der Waals surface area contributed by atoms with E-state index >= 15 is 0 Å². The van der Waals surface area contributed by atoms with Gasteiger partial charge in [-0.25, -0.2) is 28.8 Å². The van der Waals surface area contributed by atoms with Crippen molar-refractivity contribution in [3.05, 3.63) is 0 Å². The molecule has 0 radical (unpaired) electrons. The Morgan fingerprint density at radius 2 is 0.421 bits per heavy atom. The molecule has 13 heteroatoms. The second kappa shape index (κ2) is 13.5. The van der Waals surface area contributed by atoms with Crippen LogP contribution < -0.4 is 0 Å². The van der Waals surface area contributed by atoms with Gasteiger partial charge in [0, 0.05) is 0 Å². The summed E-state index contributed by atoms with van der Waals surface area (Å²) in [6, 6.07) is 0. The molecule has 0 saturated carbocycles. The number of carbonyl (C=O) groups is 6. The number of carboxylic acid groups (broad SMARTS) is 6. The maximum atomic E-state index is 9.10. The van der Waals surface area contributed by atoms with E-state index in [-0.39, 0.29) is 18.9 Å².